The predicted octanol–water partition coefficient (Wildman–Crippen LogP) is 4.80. The first kappa shape index (κ1) is 12.8. The Labute approximate surface area is 102 Å². The number of benzene rings is 1. The van der Waals surface area contributed by atoms with Crippen LogP contribution < -0.4 is 0 Å². The van der Waals surface area contributed by atoms with Crippen LogP contribution in [-0.2, 0) is 6.42 Å². The van der Waals surface area contributed by atoms with Gasteiger partial charge in [0.25, 0.3) is 0 Å². The quantitative estimate of drug-likeness (QED) is 0.673. The minimum atomic E-state index is 0.683. The molecule has 0 spiro atoms. The smallest absolute Gasteiger partial charge is 0.0148 e. The Morgan fingerprint density at radius 1 is 1.20 bits per heavy atom. The highest BCUT2D eigenvalue weighted by Gasteiger charge is 2.05. The van der Waals surface area contributed by atoms with Crippen molar-refractivity contribution in [3.8, 4) is 0 Å². The van der Waals surface area contributed by atoms with Crippen molar-refractivity contribution in [1.82, 2.24) is 0 Å². The Balaban J connectivity index is 2.53. The van der Waals surface area contributed by atoms with E-state index in [1.165, 1.54) is 42.4 Å². The first-order valence-corrected chi connectivity index (χ1v) is 6.75. The predicted molar refractivity (Wildman–Crippen MR) is 71.9 cm³/mol. The topological polar surface area (TPSA) is 0 Å². The third-order valence-electron chi connectivity index (χ3n) is 2.83. The van der Waals surface area contributed by atoms with E-state index in [0.29, 0.717) is 4.83 Å². The molecule has 0 nitrogen and oxygen atoms in total. The molecule has 0 radical (unpaired) electrons. The molecule has 0 saturated carbocycles. The SMILES string of the molecule is CCCC(Br)CCc1cc(C)ccc1C. The van der Waals surface area contributed by atoms with Crippen LogP contribution in [0.15, 0.2) is 18.2 Å². The van der Waals surface area contributed by atoms with Crippen molar-refractivity contribution in [2.45, 2.75) is 51.3 Å². The molecule has 0 N–H and O–H groups in total. The van der Waals surface area contributed by atoms with Gasteiger partial charge in [0, 0.05) is 4.83 Å². The van der Waals surface area contributed by atoms with Gasteiger partial charge in [0.05, 0.1) is 0 Å². The van der Waals surface area contributed by atoms with Crippen molar-refractivity contribution in [3.63, 3.8) is 0 Å². The van der Waals surface area contributed by atoms with Crippen molar-refractivity contribution >= 4 is 15.9 Å². The lowest BCUT2D eigenvalue weighted by molar-refractivity contribution is 0.691. The molecule has 0 aliphatic carbocycles. The van der Waals surface area contributed by atoms with Crippen molar-refractivity contribution in [2.75, 3.05) is 0 Å². The van der Waals surface area contributed by atoms with E-state index < -0.39 is 0 Å². The summed E-state index contributed by atoms with van der Waals surface area (Å²) in [5.41, 5.74) is 4.31. The molecule has 0 aliphatic heterocycles. The number of hydrogen-bond acceptors (Lipinski definition) is 0. The van der Waals surface area contributed by atoms with Crippen LogP contribution in [-0.4, -0.2) is 4.83 Å². The van der Waals surface area contributed by atoms with Crippen LogP contribution in [0.4, 0.5) is 0 Å². The summed E-state index contributed by atoms with van der Waals surface area (Å²) in [5, 5.41) is 0. The fourth-order valence-electron chi connectivity index (χ4n) is 1.84. The van der Waals surface area contributed by atoms with Gasteiger partial charge in [0.15, 0.2) is 0 Å². The Kier molecular flexibility index (Phi) is 5.38. The molecule has 1 unspecified atom stereocenters. The molecule has 15 heavy (non-hydrogen) atoms. The zero-order valence-electron chi connectivity index (χ0n) is 10.0. The van der Waals surface area contributed by atoms with E-state index in [1.807, 2.05) is 0 Å². The second-order valence-electron chi connectivity index (χ2n) is 4.35. The van der Waals surface area contributed by atoms with Crippen LogP contribution in [0, 0.1) is 13.8 Å². The van der Waals surface area contributed by atoms with Gasteiger partial charge >= 0.3 is 0 Å². The van der Waals surface area contributed by atoms with Gasteiger partial charge in [0.1, 0.15) is 0 Å². The Hall–Kier alpha value is -0.300. The highest BCUT2D eigenvalue weighted by molar-refractivity contribution is 9.09. The third kappa shape index (κ3) is 4.38. The first-order valence-electron chi connectivity index (χ1n) is 5.83. The van der Waals surface area contributed by atoms with Crippen LogP contribution in [0.5, 0.6) is 0 Å². The fraction of sp³-hybridized carbons (Fsp3) is 0.571. The van der Waals surface area contributed by atoms with Gasteiger partial charge in [-0.3, -0.25) is 0 Å². The van der Waals surface area contributed by atoms with E-state index in [2.05, 4.69) is 54.9 Å². The number of hydrogen-bond donors (Lipinski definition) is 0. The van der Waals surface area contributed by atoms with Crippen LogP contribution in [0.2, 0.25) is 0 Å². The lowest BCUT2D eigenvalue weighted by Gasteiger charge is -2.10. The van der Waals surface area contributed by atoms with E-state index in [9.17, 15) is 0 Å². The Morgan fingerprint density at radius 3 is 2.60 bits per heavy atom. The van der Waals surface area contributed by atoms with E-state index in [1.54, 1.807) is 0 Å². The monoisotopic (exact) mass is 268 g/mol. The lowest BCUT2D eigenvalue weighted by atomic mass is 10.00. The highest BCUT2D eigenvalue weighted by atomic mass is 79.9. The van der Waals surface area contributed by atoms with E-state index >= 15 is 0 Å². The average molecular weight is 269 g/mol. The molecular weight excluding hydrogens is 248 g/mol. The Morgan fingerprint density at radius 2 is 1.93 bits per heavy atom. The van der Waals surface area contributed by atoms with Gasteiger partial charge in [0.2, 0.25) is 0 Å². The zero-order chi connectivity index (χ0) is 11.3. The summed E-state index contributed by atoms with van der Waals surface area (Å²) in [6.45, 7) is 6.62. The second-order valence-corrected chi connectivity index (χ2v) is 5.65. The van der Waals surface area contributed by atoms with Gasteiger partial charge in [-0.1, -0.05) is 53.0 Å². The average Bonchev–Trinajstić information content (AvgIpc) is 2.20. The Bertz CT molecular complexity index is 304. The van der Waals surface area contributed by atoms with Gasteiger partial charge in [-0.05, 0) is 44.2 Å². The first-order chi connectivity index (χ1) is 7.13. The fourth-order valence-corrected chi connectivity index (χ4v) is 2.53. The maximum absolute atomic E-state index is 3.74. The minimum Gasteiger partial charge on any atom is -0.0891 e. The molecule has 84 valence electrons. The molecule has 0 amide bonds. The summed E-state index contributed by atoms with van der Waals surface area (Å²) in [7, 11) is 0. The summed E-state index contributed by atoms with van der Waals surface area (Å²) >= 11 is 3.74. The largest absolute Gasteiger partial charge is 0.0891 e. The van der Waals surface area contributed by atoms with E-state index in [4.69, 9.17) is 0 Å². The molecule has 0 fully saturated rings. The number of aryl methyl sites for hydroxylation is 3. The number of halogens is 1. The maximum Gasteiger partial charge on any atom is 0.0148 e. The summed E-state index contributed by atoms with van der Waals surface area (Å²) in [6, 6.07) is 6.74. The molecule has 0 heterocycles. The summed E-state index contributed by atoms with van der Waals surface area (Å²) in [6.07, 6.45) is 5.00. The number of rotatable bonds is 5. The van der Waals surface area contributed by atoms with Crippen molar-refractivity contribution in [2.24, 2.45) is 0 Å². The molecule has 1 aromatic rings. The number of alkyl halides is 1. The molecular formula is C14H21Br. The second kappa shape index (κ2) is 6.32. The van der Waals surface area contributed by atoms with Crippen LogP contribution in [0.3, 0.4) is 0 Å². The van der Waals surface area contributed by atoms with Gasteiger partial charge < -0.3 is 0 Å². The molecule has 0 aliphatic rings. The van der Waals surface area contributed by atoms with Crippen LogP contribution in [0.25, 0.3) is 0 Å². The highest BCUT2D eigenvalue weighted by Crippen LogP contribution is 2.18. The van der Waals surface area contributed by atoms with Crippen molar-refractivity contribution in [3.05, 3.63) is 34.9 Å². The lowest BCUT2D eigenvalue weighted by Crippen LogP contribution is -2.00. The molecule has 1 aromatic carbocycles. The summed E-state index contributed by atoms with van der Waals surface area (Å²) in [5.74, 6) is 0. The molecule has 1 rings (SSSR count). The van der Waals surface area contributed by atoms with Gasteiger partial charge in [-0.15, -0.1) is 0 Å². The van der Waals surface area contributed by atoms with Gasteiger partial charge in [-0.25, -0.2) is 0 Å². The standard InChI is InChI=1S/C14H21Br/c1-4-5-14(15)9-8-13-10-11(2)6-7-12(13)3/h6-7,10,14H,4-5,8-9H2,1-3H3. The van der Waals surface area contributed by atoms with Crippen LogP contribution in [0.1, 0.15) is 42.9 Å². The summed E-state index contributed by atoms with van der Waals surface area (Å²) < 4.78 is 0. The van der Waals surface area contributed by atoms with E-state index in [-0.39, 0.29) is 0 Å². The maximum atomic E-state index is 3.74. The normalized spacial score (nSPS) is 12.8. The molecule has 0 saturated heterocycles. The molecule has 0 aromatic heterocycles. The third-order valence-corrected chi connectivity index (χ3v) is 3.75. The van der Waals surface area contributed by atoms with Crippen LogP contribution >= 0.6 is 15.9 Å². The van der Waals surface area contributed by atoms with E-state index in [0.717, 1.165) is 0 Å². The molecule has 1 atom stereocenters. The summed E-state index contributed by atoms with van der Waals surface area (Å²) in [4.78, 5) is 0.683. The zero-order valence-corrected chi connectivity index (χ0v) is 11.6. The van der Waals surface area contributed by atoms with Crippen molar-refractivity contribution < 1.29 is 0 Å². The molecule has 0 bridgehead atoms. The van der Waals surface area contributed by atoms with Gasteiger partial charge in [-0.2, -0.15) is 0 Å². The van der Waals surface area contributed by atoms with Crippen molar-refractivity contribution in [1.29, 1.82) is 0 Å². The molecule has 1 heteroatoms. The minimum absolute atomic E-state index is 0.683.